The average molecular weight is 462 g/mol. The quantitative estimate of drug-likeness (QED) is 0.622. The number of methoxy groups -OCH3 is 1. The van der Waals surface area contributed by atoms with Gasteiger partial charge in [0.2, 0.25) is 5.78 Å². The standard InChI is InChI=1S/C22H24F2N4O5/c1-33-8-7-27-5-2-6-28-16(27)10-15-17(22(28)32)19(29)20(30)18(26-15)21(31)25-11-12-3-4-13(23)9-14(12)24/h3-4,9,16,19,29H,2,5-8,10-11H2,1H3,(H,25,31). The van der Waals surface area contributed by atoms with E-state index in [1.54, 1.807) is 12.0 Å². The number of halogens is 2. The van der Waals surface area contributed by atoms with E-state index in [-0.39, 0.29) is 36.0 Å². The smallest absolute Gasteiger partial charge is 0.273 e. The predicted molar refractivity (Wildman–Crippen MR) is 112 cm³/mol. The second-order valence-corrected chi connectivity index (χ2v) is 8.07. The topological polar surface area (TPSA) is 112 Å². The molecule has 0 saturated carbocycles. The van der Waals surface area contributed by atoms with E-state index in [4.69, 9.17) is 4.74 Å². The van der Waals surface area contributed by atoms with Crippen molar-refractivity contribution in [1.29, 1.82) is 0 Å². The maximum absolute atomic E-state index is 13.8. The Labute approximate surface area is 188 Å². The summed E-state index contributed by atoms with van der Waals surface area (Å²) in [6.45, 7) is 2.00. The van der Waals surface area contributed by atoms with Crippen LogP contribution < -0.4 is 5.32 Å². The largest absolute Gasteiger partial charge is 0.383 e. The number of Topliss-reactive ketones (excluding diaryl/α,β-unsaturated/α-hetero) is 1. The molecule has 3 aliphatic heterocycles. The zero-order chi connectivity index (χ0) is 23.7. The Morgan fingerprint density at radius 1 is 1.30 bits per heavy atom. The molecule has 1 aromatic carbocycles. The van der Waals surface area contributed by atoms with Gasteiger partial charge in [-0.25, -0.2) is 13.8 Å². The second-order valence-electron chi connectivity index (χ2n) is 8.07. The van der Waals surface area contributed by atoms with E-state index in [1.165, 1.54) is 6.07 Å². The molecule has 3 aliphatic rings. The van der Waals surface area contributed by atoms with Gasteiger partial charge in [0.05, 0.1) is 24.0 Å². The lowest BCUT2D eigenvalue weighted by atomic mass is 9.89. The molecular weight excluding hydrogens is 438 g/mol. The molecule has 2 N–H and O–H groups in total. The fraction of sp³-hybridized carbons (Fsp3) is 0.455. The third-order valence-corrected chi connectivity index (χ3v) is 6.06. The lowest BCUT2D eigenvalue weighted by Crippen LogP contribution is -2.60. The molecule has 2 unspecified atom stereocenters. The third kappa shape index (κ3) is 4.43. The molecule has 1 aromatic rings. The van der Waals surface area contributed by atoms with Crippen molar-refractivity contribution < 1.29 is 33.0 Å². The van der Waals surface area contributed by atoms with Crippen LogP contribution in [0.5, 0.6) is 0 Å². The van der Waals surface area contributed by atoms with Gasteiger partial charge in [0.1, 0.15) is 11.6 Å². The Kier molecular flexibility index (Phi) is 6.63. The van der Waals surface area contributed by atoms with Gasteiger partial charge >= 0.3 is 0 Å². The minimum absolute atomic E-state index is 0.0218. The fourth-order valence-corrected chi connectivity index (χ4v) is 4.36. The van der Waals surface area contributed by atoms with Crippen LogP contribution in [0.2, 0.25) is 0 Å². The van der Waals surface area contributed by atoms with Gasteiger partial charge < -0.3 is 20.1 Å². The van der Waals surface area contributed by atoms with Crippen LogP contribution >= 0.6 is 0 Å². The summed E-state index contributed by atoms with van der Waals surface area (Å²) in [5, 5.41) is 12.9. The molecule has 0 radical (unpaired) electrons. The summed E-state index contributed by atoms with van der Waals surface area (Å²) in [4.78, 5) is 46.2. The number of aliphatic imine (C=N–C) groups is 1. The summed E-state index contributed by atoms with van der Waals surface area (Å²) >= 11 is 0. The Bertz CT molecular complexity index is 1060. The highest BCUT2D eigenvalue weighted by atomic mass is 19.1. The maximum Gasteiger partial charge on any atom is 0.273 e. The van der Waals surface area contributed by atoms with Crippen molar-refractivity contribution in [2.45, 2.75) is 31.7 Å². The molecular formula is C22H24F2N4O5. The van der Waals surface area contributed by atoms with Gasteiger partial charge in [-0.2, -0.15) is 0 Å². The first-order chi connectivity index (χ1) is 15.8. The van der Waals surface area contributed by atoms with Crippen molar-refractivity contribution in [2.24, 2.45) is 4.99 Å². The minimum Gasteiger partial charge on any atom is -0.383 e. The summed E-state index contributed by atoms with van der Waals surface area (Å²) in [7, 11) is 1.59. The lowest BCUT2D eigenvalue weighted by molar-refractivity contribution is -0.141. The van der Waals surface area contributed by atoms with Gasteiger partial charge in [-0.1, -0.05) is 6.07 Å². The number of carbonyl (C=O) groups excluding carboxylic acids is 3. The van der Waals surface area contributed by atoms with Crippen molar-refractivity contribution in [1.82, 2.24) is 15.1 Å². The van der Waals surface area contributed by atoms with Crippen LogP contribution in [0.4, 0.5) is 8.78 Å². The summed E-state index contributed by atoms with van der Waals surface area (Å²) in [6.07, 6.45) is -1.13. The van der Waals surface area contributed by atoms with E-state index in [9.17, 15) is 28.3 Å². The Balaban J connectivity index is 1.56. The van der Waals surface area contributed by atoms with E-state index >= 15 is 0 Å². The number of amides is 2. The van der Waals surface area contributed by atoms with Crippen molar-refractivity contribution in [3.05, 3.63) is 46.7 Å². The zero-order valence-electron chi connectivity index (χ0n) is 18.0. The zero-order valence-corrected chi connectivity index (χ0v) is 18.0. The van der Waals surface area contributed by atoms with Crippen LogP contribution in [0.15, 0.2) is 34.5 Å². The molecule has 176 valence electrons. The number of aliphatic hydroxyl groups is 1. The highest BCUT2D eigenvalue weighted by Gasteiger charge is 2.46. The molecule has 2 atom stereocenters. The number of hydrogen-bond acceptors (Lipinski definition) is 7. The van der Waals surface area contributed by atoms with Crippen LogP contribution in [0.1, 0.15) is 18.4 Å². The van der Waals surface area contributed by atoms with Crippen LogP contribution in [-0.2, 0) is 25.7 Å². The van der Waals surface area contributed by atoms with E-state index in [0.29, 0.717) is 25.8 Å². The summed E-state index contributed by atoms with van der Waals surface area (Å²) in [6, 6.07) is 2.91. The fourth-order valence-electron chi connectivity index (χ4n) is 4.36. The average Bonchev–Trinajstić information content (AvgIpc) is 2.79. The molecule has 11 heteroatoms. The van der Waals surface area contributed by atoms with Gasteiger partial charge in [0.25, 0.3) is 11.8 Å². The highest BCUT2D eigenvalue weighted by Crippen LogP contribution is 2.34. The Morgan fingerprint density at radius 3 is 2.82 bits per heavy atom. The number of benzene rings is 1. The van der Waals surface area contributed by atoms with E-state index in [2.05, 4.69) is 15.2 Å². The number of fused-ring (bicyclic) bond motifs is 1. The molecule has 3 heterocycles. The van der Waals surface area contributed by atoms with Crippen LogP contribution in [0.3, 0.4) is 0 Å². The third-order valence-electron chi connectivity index (χ3n) is 6.06. The SMILES string of the molecule is COCCN1CCCN2C(=O)C3=C(CC12)N=C(C(=O)NCc1ccc(F)cc1F)C(=O)C3O. The van der Waals surface area contributed by atoms with E-state index in [0.717, 1.165) is 19.0 Å². The molecule has 1 fully saturated rings. The molecule has 0 aliphatic carbocycles. The molecule has 0 bridgehead atoms. The minimum atomic E-state index is -1.80. The molecule has 0 aromatic heterocycles. The Hall–Kier alpha value is -3.02. The summed E-state index contributed by atoms with van der Waals surface area (Å²) in [5.74, 6) is -3.98. The van der Waals surface area contributed by atoms with Crippen LogP contribution in [0, 0.1) is 11.6 Å². The normalized spacial score (nSPS) is 23.3. The van der Waals surface area contributed by atoms with Crippen molar-refractivity contribution >= 4 is 23.3 Å². The first-order valence-electron chi connectivity index (χ1n) is 10.6. The van der Waals surface area contributed by atoms with E-state index in [1.807, 2.05) is 0 Å². The van der Waals surface area contributed by atoms with Gasteiger partial charge in [-0.15, -0.1) is 0 Å². The van der Waals surface area contributed by atoms with Crippen molar-refractivity contribution in [2.75, 3.05) is 33.4 Å². The van der Waals surface area contributed by atoms with E-state index < -0.39 is 41.0 Å². The summed E-state index contributed by atoms with van der Waals surface area (Å²) < 4.78 is 32.1. The van der Waals surface area contributed by atoms with Crippen molar-refractivity contribution in [3.8, 4) is 0 Å². The molecule has 33 heavy (non-hydrogen) atoms. The number of carbonyl (C=O) groups is 3. The van der Waals surface area contributed by atoms with Crippen LogP contribution in [-0.4, -0.2) is 83.8 Å². The number of hydrogen-bond donors (Lipinski definition) is 2. The first-order valence-corrected chi connectivity index (χ1v) is 10.6. The predicted octanol–water partition coefficient (Wildman–Crippen LogP) is 0.130. The monoisotopic (exact) mass is 462 g/mol. The second kappa shape index (κ2) is 9.46. The van der Waals surface area contributed by atoms with Crippen molar-refractivity contribution in [3.63, 3.8) is 0 Å². The van der Waals surface area contributed by atoms with Crippen LogP contribution in [0.25, 0.3) is 0 Å². The number of ether oxygens (including phenoxy) is 1. The number of ketones is 1. The molecule has 2 amide bonds. The highest BCUT2D eigenvalue weighted by molar-refractivity contribution is 6.67. The number of nitrogens with one attached hydrogen (secondary N) is 1. The molecule has 4 rings (SSSR count). The summed E-state index contributed by atoms with van der Waals surface area (Å²) in [5.41, 5.74) is -0.445. The molecule has 1 saturated heterocycles. The maximum atomic E-state index is 13.8. The molecule has 0 spiro atoms. The number of aliphatic hydroxyl groups excluding tert-OH is 1. The number of nitrogens with zero attached hydrogens (tertiary/aromatic N) is 3. The number of rotatable bonds is 6. The van der Waals surface area contributed by atoms with Gasteiger partial charge in [0.15, 0.2) is 11.8 Å². The van der Waals surface area contributed by atoms with Gasteiger partial charge in [-0.3, -0.25) is 19.3 Å². The molecule has 9 nitrogen and oxygen atoms in total. The first kappa shape index (κ1) is 23.1. The van der Waals surface area contributed by atoms with Gasteiger partial charge in [-0.05, 0) is 12.5 Å². The van der Waals surface area contributed by atoms with Gasteiger partial charge in [0, 0.05) is 51.3 Å². The lowest BCUT2D eigenvalue weighted by Gasteiger charge is -2.47. The Morgan fingerprint density at radius 2 is 2.09 bits per heavy atom.